The zero-order chi connectivity index (χ0) is 16.8. The quantitative estimate of drug-likeness (QED) is 0.777. The van der Waals surface area contributed by atoms with Crippen LogP contribution in [-0.2, 0) is 9.53 Å². The number of ether oxygens (including phenoxy) is 3. The molecule has 0 bridgehead atoms. The van der Waals surface area contributed by atoms with E-state index in [1.54, 1.807) is 6.08 Å². The van der Waals surface area contributed by atoms with E-state index in [-0.39, 0.29) is 12.7 Å². The van der Waals surface area contributed by atoms with Crippen LogP contribution in [0.3, 0.4) is 0 Å². The van der Waals surface area contributed by atoms with Gasteiger partial charge in [0.15, 0.2) is 11.5 Å². The maximum Gasteiger partial charge on any atom is 0.246 e. The molecule has 130 valence electrons. The topological polar surface area (TPSA) is 48.0 Å². The van der Waals surface area contributed by atoms with Crippen LogP contribution in [0.15, 0.2) is 24.3 Å². The Bertz CT molecular complexity index is 599. The number of carbonyl (C=O) groups excluding carboxylic acids is 1. The van der Waals surface area contributed by atoms with Crippen molar-refractivity contribution in [3.05, 3.63) is 29.8 Å². The van der Waals surface area contributed by atoms with Crippen LogP contribution in [0.1, 0.15) is 38.2 Å². The first kappa shape index (κ1) is 16.8. The normalized spacial score (nSPS) is 20.4. The highest BCUT2D eigenvalue weighted by Crippen LogP contribution is 2.32. The fraction of sp³-hybridized carbons (Fsp3) is 0.526. The fourth-order valence-corrected chi connectivity index (χ4v) is 3.03. The molecule has 0 spiro atoms. The van der Waals surface area contributed by atoms with Crippen LogP contribution in [0.2, 0.25) is 0 Å². The van der Waals surface area contributed by atoms with Crippen molar-refractivity contribution < 1.29 is 19.0 Å². The van der Waals surface area contributed by atoms with Gasteiger partial charge in [-0.05, 0) is 49.5 Å². The van der Waals surface area contributed by atoms with Gasteiger partial charge in [0.05, 0.1) is 6.10 Å². The lowest BCUT2D eigenvalue weighted by atomic mass is 10.1. The van der Waals surface area contributed by atoms with E-state index in [0.29, 0.717) is 6.10 Å². The third-order valence-electron chi connectivity index (χ3n) is 4.36. The predicted octanol–water partition coefficient (Wildman–Crippen LogP) is 3.24. The van der Waals surface area contributed by atoms with E-state index >= 15 is 0 Å². The SMILES string of the molecule is CCCOC1CCCN(C(=O)/C=C/c2ccc3c(c2)OCO3)CC1. The van der Waals surface area contributed by atoms with Gasteiger partial charge in [0.25, 0.3) is 0 Å². The number of hydrogen-bond donors (Lipinski definition) is 0. The van der Waals surface area contributed by atoms with Crippen molar-refractivity contribution in [2.24, 2.45) is 0 Å². The first-order valence-electron chi connectivity index (χ1n) is 8.74. The summed E-state index contributed by atoms with van der Waals surface area (Å²) in [5.41, 5.74) is 0.937. The molecule has 1 aromatic rings. The molecule has 2 aliphatic heterocycles. The van der Waals surface area contributed by atoms with Gasteiger partial charge >= 0.3 is 0 Å². The molecule has 1 amide bonds. The number of fused-ring (bicyclic) bond motifs is 1. The molecule has 1 aromatic carbocycles. The van der Waals surface area contributed by atoms with E-state index in [9.17, 15) is 4.79 Å². The van der Waals surface area contributed by atoms with Crippen molar-refractivity contribution in [3.63, 3.8) is 0 Å². The summed E-state index contributed by atoms with van der Waals surface area (Å²) < 4.78 is 16.5. The van der Waals surface area contributed by atoms with Crippen molar-refractivity contribution in [3.8, 4) is 11.5 Å². The number of nitrogens with zero attached hydrogens (tertiary/aromatic N) is 1. The third-order valence-corrected chi connectivity index (χ3v) is 4.36. The molecule has 5 heteroatoms. The first-order chi connectivity index (χ1) is 11.8. The minimum absolute atomic E-state index is 0.0591. The summed E-state index contributed by atoms with van der Waals surface area (Å²) in [6.45, 7) is 4.75. The Morgan fingerprint density at radius 2 is 2.17 bits per heavy atom. The molecule has 24 heavy (non-hydrogen) atoms. The van der Waals surface area contributed by atoms with Gasteiger partial charge in [0.2, 0.25) is 12.7 Å². The fourth-order valence-electron chi connectivity index (χ4n) is 3.03. The molecular weight excluding hydrogens is 306 g/mol. The lowest BCUT2D eigenvalue weighted by molar-refractivity contribution is -0.126. The molecule has 1 atom stereocenters. The molecule has 5 nitrogen and oxygen atoms in total. The van der Waals surface area contributed by atoms with Crippen LogP contribution in [0.5, 0.6) is 11.5 Å². The molecule has 0 saturated carbocycles. The molecule has 0 radical (unpaired) electrons. The number of hydrogen-bond acceptors (Lipinski definition) is 4. The van der Waals surface area contributed by atoms with Gasteiger partial charge in [-0.3, -0.25) is 4.79 Å². The minimum atomic E-state index is 0.0591. The lowest BCUT2D eigenvalue weighted by Crippen LogP contribution is -2.30. The van der Waals surface area contributed by atoms with Crippen molar-refractivity contribution in [2.45, 2.75) is 38.7 Å². The average Bonchev–Trinajstić information content (AvgIpc) is 2.94. The second-order valence-electron chi connectivity index (χ2n) is 6.20. The van der Waals surface area contributed by atoms with Crippen molar-refractivity contribution in [1.82, 2.24) is 4.90 Å². The molecule has 0 aromatic heterocycles. The molecule has 3 rings (SSSR count). The van der Waals surface area contributed by atoms with Crippen LogP contribution in [0.25, 0.3) is 6.08 Å². The minimum Gasteiger partial charge on any atom is -0.454 e. The molecule has 2 aliphatic rings. The largest absolute Gasteiger partial charge is 0.454 e. The van der Waals surface area contributed by atoms with Crippen molar-refractivity contribution in [2.75, 3.05) is 26.5 Å². The number of amides is 1. The summed E-state index contributed by atoms with van der Waals surface area (Å²) in [4.78, 5) is 14.3. The van der Waals surface area contributed by atoms with Crippen LogP contribution >= 0.6 is 0 Å². The second-order valence-corrected chi connectivity index (χ2v) is 6.20. The Kier molecular flexibility index (Phi) is 5.75. The van der Waals surface area contributed by atoms with Gasteiger partial charge in [0, 0.05) is 25.8 Å². The predicted molar refractivity (Wildman–Crippen MR) is 92.1 cm³/mol. The van der Waals surface area contributed by atoms with Gasteiger partial charge in [0.1, 0.15) is 0 Å². The average molecular weight is 331 g/mol. The van der Waals surface area contributed by atoms with Crippen molar-refractivity contribution >= 4 is 12.0 Å². The second kappa shape index (κ2) is 8.20. The maximum absolute atomic E-state index is 12.4. The van der Waals surface area contributed by atoms with E-state index in [1.807, 2.05) is 29.2 Å². The third kappa shape index (κ3) is 4.29. The summed E-state index contributed by atoms with van der Waals surface area (Å²) in [7, 11) is 0. The summed E-state index contributed by atoms with van der Waals surface area (Å²) in [5, 5.41) is 0. The van der Waals surface area contributed by atoms with Crippen molar-refractivity contribution in [1.29, 1.82) is 0 Å². The van der Waals surface area contributed by atoms with E-state index in [4.69, 9.17) is 14.2 Å². The Morgan fingerprint density at radius 1 is 1.29 bits per heavy atom. The summed E-state index contributed by atoms with van der Waals surface area (Å²) in [6.07, 6.45) is 7.76. The van der Waals surface area contributed by atoms with E-state index < -0.39 is 0 Å². The summed E-state index contributed by atoms with van der Waals surface area (Å²) >= 11 is 0. The highest BCUT2D eigenvalue weighted by Gasteiger charge is 2.19. The van der Waals surface area contributed by atoms with Crippen LogP contribution < -0.4 is 9.47 Å². The summed E-state index contributed by atoms with van der Waals surface area (Å²) in [5.74, 6) is 1.54. The van der Waals surface area contributed by atoms with E-state index in [1.165, 1.54) is 0 Å². The Labute approximate surface area is 143 Å². The van der Waals surface area contributed by atoms with Crippen LogP contribution in [0, 0.1) is 0 Å². The maximum atomic E-state index is 12.4. The van der Waals surface area contributed by atoms with Crippen LogP contribution in [0.4, 0.5) is 0 Å². The molecular formula is C19H25NO4. The number of likely N-dealkylation sites (tertiary alicyclic amines) is 1. The molecule has 2 heterocycles. The monoisotopic (exact) mass is 331 g/mol. The number of benzene rings is 1. The van der Waals surface area contributed by atoms with Gasteiger partial charge in [-0.2, -0.15) is 0 Å². The summed E-state index contributed by atoms with van der Waals surface area (Å²) in [6, 6.07) is 5.69. The van der Waals surface area contributed by atoms with Gasteiger partial charge in [-0.15, -0.1) is 0 Å². The lowest BCUT2D eigenvalue weighted by Gasteiger charge is -2.19. The zero-order valence-electron chi connectivity index (χ0n) is 14.2. The Morgan fingerprint density at radius 3 is 3.04 bits per heavy atom. The molecule has 1 fully saturated rings. The van der Waals surface area contributed by atoms with Gasteiger partial charge < -0.3 is 19.1 Å². The Balaban J connectivity index is 1.54. The molecule has 1 saturated heterocycles. The Hall–Kier alpha value is -2.01. The zero-order valence-corrected chi connectivity index (χ0v) is 14.2. The number of carbonyl (C=O) groups is 1. The molecule has 0 aliphatic carbocycles. The number of rotatable bonds is 5. The standard InChI is InChI=1S/C19H25NO4/c1-2-12-22-16-4-3-10-20(11-9-16)19(21)8-6-15-5-7-17-18(13-15)24-14-23-17/h5-8,13,16H,2-4,9-12,14H2,1H3/b8-6+. The highest BCUT2D eigenvalue weighted by molar-refractivity contribution is 5.91. The van der Waals surface area contributed by atoms with Gasteiger partial charge in [-0.25, -0.2) is 0 Å². The highest BCUT2D eigenvalue weighted by atomic mass is 16.7. The van der Waals surface area contributed by atoms with Crippen LogP contribution in [-0.4, -0.2) is 43.4 Å². The van der Waals surface area contributed by atoms with E-state index in [2.05, 4.69) is 6.92 Å². The van der Waals surface area contributed by atoms with E-state index in [0.717, 1.165) is 62.4 Å². The molecule has 0 N–H and O–H groups in total. The first-order valence-corrected chi connectivity index (χ1v) is 8.74. The molecule has 1 unspecified atom stereocenters. The smallest absolute Gasteiger partial charge is 0.246 e. The van der Waals surface area contributed by atoms with Gasteiger partial charge in [-0.1, -0.05) is 13.0 Å².